The van der Waals surface area contributed by atoms with Crippen molar-refractivity contribution in [3.05, 3.63) is 11.2 Å². The van der Waals surface area contributed by atoms with Crippen molar-refractivity contribution in [2.45, 2.75) is 18.2 Å². The summed E-state index contributed by atoms with van der Waals surface area (Å²) in [6.07, 6.45) is 3.95. The Morgan fingerprint density at radius 2 is 2.38 bits per heavy atom. The van der Waals surface area contributed by atoms with Crippen LogP contribution in [-0.2, 0) is 0 Å². The maximum Gasteiger partial charge on any atom is 0.318 e. The van der Waals surface area contributed by atoms with Gasteiger partial charge in [0.2, 0.25) is 0 Å². The fourth-order valence-electron chi connectivity index (χ4n) is 1.39. The van der Waals surface area contributed by atoms with Crippen LogP contribution in [0, 0.1) is 5.92 Å². The first-order valence-corrected chi connectivity index (χ1v) is 5.96. The molecule has 1 aliphatic rings. The van der Waals surface area contributed by atoms with Crippen LogP contribution in [0.4, 0.5) is 5.82 Å². The third kappa shape index (κ3) is 2.89. The van der Waals surface area contributed by atoms with E-state index in [9.17, 15) is 0 Å². The molecule has 1 heterocycles. The van der Waals surface area contributed by atoms with Gasteiger partial charge in [-0.1, -0.05) is 11.6 Å². The first-order valence-electron chi connectivity index (χ1n) is 5.15. The first kappa shape index (κ1) is 11.7. The maximum atomic E-state index is 6.17. The second-order valence-electron chi connectivity index (χ2n) is 3.79. The van der Waals surface area contributed by atoms with Crippen LogP contribution in [0.25, 0.3) is 0 Å². The molecule has 0 bridgehead atoms. The molecule has 1 aromatic rings. The number of methoxy groups -OCH3 is 1. The van der Waals surface area contributed by atoms with Crippen molar-refractivity contribution in [3.8, 4) is 6.01 Å². The number of nitrogens with one attached hydrogen (secondary N) is 1. The Morgan fingerprint density at radius 3 is 3.00 bits per heavy atom. The van der Waals surface area contributed by atoms with Gasteiger partial charge in [0.15, 0.2) is 5.82 Å². The topological polar surface area (TPSA) is 47.0 Å². The van der Waals surface area contributed by atoms with Gasteiger partial charge in [0.05, 0.1) is 18.7 Å². The van der Waals surface area contributed by atoms with Gasteiger partial charge in [0.25, 0.3) is 0 Å². The zero-order valence-corrected chi connectivity index (χ0v) is 10.4. The van der Waals surface area contributed by atoms with Crippen molar-refractivity contribution in [1.29, 1.82) is 0 Å². The van der Waals surface area contributed by atoms with Gasteiger partial charge in [-0.05, 0) is 18.8 Å². The molecular weight excluding hydrogens is 249 g/mol. The number of hydrogen-bond donors (Lipinski definition) is 1. The summed E-state index contributed by atoms with van der Waals surface area (Å²) in [5.74, 6) is 1.21. The zero-order valence-electron chi connectivity index (χ0n) is 8.91. The minimum absolute atomic E-state index is 0.136. The number of aromatic nitrogens is 2. The smallest absolute Gasteiger partial charge is 0.318 e. The number of halogens is 2. The highest BCUT2D eigenvalue weighted by Gasteiger charge is 2.29. The molecule has 1 fully saturated rings. The molecule has 1 atom stereocenters. The summed E-state index contributed by atoms with van der Waals surface area (Å²) in [6, 6.07) is 0.296. The molecule has 4 nitrogen and oxygen atoms in total. The van der Waals surface area contributed by atoms with Crippen LogP contribution in [0.15, 0.2) is 6.20 Å². The lowest BCUT2D eigenvalue weighted by Gasteiger charge is -2.11. The van der Waals surface area contributed by atoms with Crippen molar-refractivity contribution in [3.63, 3.8) is 0 Å². The highest BCUT2D eigenvalue weighted by Crippen LogP contribution is 2.35. The number of ether oxygens (including phenoxy) is 1. The summed E-state index contributed by atoms with van der Waals surface area (Å²) < 4.78 is 4.92. The molecule has 0 amide bonds. The van der Waals surface area contributed by atoms with Crippen molar-refractivity contribution >= 4 is 29.0 Å². The van der Waals surface area contributed by atoms with E-state index in [1.165, 1.54) is 26.1 Å². The summed E-state index contributed by atoms with van der Waals surface area (Å²) in [6.45, 7) is 0.659. The molecule has 1 aliphatic carbocycles. The van der Waals surface area contributed by atoms with Crippen LogP contribution in [0.3, 0.4) is 0 Å². The summed E-state index contributed by atoms with van der Waals surface area (Å²) in [4.78, 5) is 8.00. The Kier molecular flexibility index (Phi) is 3.71. The quantitative estimate of drug-likeness (QED) is 0.828. The summed E-state index contributed by atoms with van der Waals surface area (Å²) >= 11 is 12.1. The number of nitrogens with zero attached hydrogens (tertiary/aromatic N) is 2. The molecule has 2 rings (SSSR count). The van der Waals surface area contributed by atoms with Crippen LogP contribution in [-0.4, -0.2) is 29.0 Å². The molecule has 88 valence electrons. The lowest BCUT2D eigenvalue weighted by molar-refractivity contribution is 0.380. The predicted molar refractivity (Wildman–Crippen MR) is 64.4 cm³/mol. The molecule has 1 saturated carbocycles. The third-order valence-corrected chi connectivity index (χ3v) is 3.29. The van der Waals surface area contributed by atoms with E-state index in [2.05, 4.69) is 15.3 Å². The lowest BCUT2D eigenvalue weighted by atomic mass is 10.3. The number of anilines is 1. The summed E-state index contributed by atoms with van der Waals surface area (Å²) in [7, 11) is 1.52. The second kappa shape index (κ2) is 5.06. The SMILES string of the molecule is COc1ncc(Cl)c(NCC(Cl)C2CC2)n1. The van der Waals surface area contributed by atoms with Gasteiger partial charge in [-0.25, -0.2) is 4.98 Å². The van der Waals surface area contributed by atoms with Crippen LogP contribution in [0.1, 0.15) is 12.8 Å². The Bertz CT molecular complexity index is 371. The second-order valence-corrected chi connectivity index (χ2v) is 4.76. The first-order chi connectivity index (χ1) is 7.70. The molecule has 0 radical (unpaired) electrons. The number of rotatable bonds is 5. The van der Waals surface area contributed by atoms with E-state index in [0.29, 0.717) is 29.3 Å². The molecular formula is C10H13Cl2N3O. The van der Waals surface area contributed by atoms with Gasteiger partial charge in [0.1, 0.15) is 5.02 Å². The standard InChI is InChI=1S/C10H13Cl2N3O/c1-16-10-14-5-8(12)9(15-10)13-4-7(11)6-2-3-6/h5-7H,2-4H2,1H3,(H,13,14,15). The lowest BCUT2D eigenvalue weighted by Crippen LogP contribution is -2.17. The number of alkyl halides is 1. The van der Waals surface area contributed by atoms with Crippen LogP contribution >= 0.6 is 23.2 Å². The molecule has 16 heavy (non-hydrogen) atoms. The van der Waals surface area contributed by atoms with E-state index in [1.807, 2.05) is 0 Å². The Hall–Kier alpha value is -0.740. The fraction of sp³-hybridized carbons (Fsp3) is 0.600. The Labute approximate surface area is 104 Å². The normalized spacial score (nSPS) is 16.9. The molecule has 1 aromatic heterocycles. The van der Waals surface area contributed by atoms with Gasteiger partial charge in [-0.15, -0.1) is 11.6 Å². The summed E-state index contributed by atoms with van der Waals surface area (Å²) in [5, 5.41) is 3.72. The predicted octanol–water partition coefficient (Wildman–Crippen LogP) is 2.57. The fourth-order valence-corrected chi connectivity index (χ4v) is 1.88. The van der Waals surface area contributed by atoms with E-state index in [4.69, 9.17) is 27.9 Å². The average Bonchev–Trinajstić information content (AvgIpc) is 3.11. The molecule has 1 N–H and O–H groups in total. The molecule has 1 unspecified atom stereocenters. The monoisotopic (exact) mass is 261 g/mol. The van der Waals surface area contributed by atoms with Crippen LogP contribution in [0.5, 0.6) is 6.01 Å². The van der Waals surface area contributed by atoms with Crippen LogP contribution in [0.2, 0.25) is 5.02 Å². The van der Waals surface area contributed by atoms with E-state index >= 15 is 0 Å². The Morgan fingerprint density at radius 1 is 1.62 bits per heavy atom. The van der Waals surface area contributed by atoms with Crippen molar-refractivity contribution < 1.29 is 4.74 Å². The zero-order chi connectivity index (χ0) is 11.5. The average molecular weight is 262 g/mol. The molecule has 0 saturated heterocycles. The van der Waals surface area contributed by atoms with Crippen molar-refractivity contribution in [2.24, 2.45) is 5.92 Å². The third-order valence-electron chi connectivity index (χ3n) is 2.50. The van der Waals surface area contributed by atoms with Gasteiger partial charge in [0, 0.05) is 6.54 Å². The van der Waals surface area contributed by atoms with E-state index < -0.39 is 0 Å². The van der Waals surface area contributed by atoms with E-state index in [0.717, 1.165) is 0 Å². The van der Waals surface area contributed by atoms with E-state index in [1.54, 1.807) is 0 Å². The van der Waals surface area contributed by atoms with Gasteiger partial charge in [-0.3, -0.25) is 0 Å². The van der Waals surface area contributed by atoms with Gasteiger partial charge < -0.3 is 10.1 Å². The minimum atomic E-state index is 0.136. The number of hydrogen-bond acceptors (Lipinski definition) is 4. The van der Waals surface area contributed by atoms with E-state index in [-0.39, 0.29) is 5.38 Å². The largest absolute Gasteiger partial charge is 0.467 e. The van der Waals surface area contributed by atoms with Gasteiger partial charge >= 0.3 is 6.01 Å². The molecule has 0 aromatic carbocycles. The molecule has 0 spiro atoms. The highest BCUT2D eigenvalue weighted by atomic mass is 35.5. The molecule has 0 aliphatic heterocycles. The van der Waals surface area contributed by atoms with Crippen LogP contribution < -0.4 is 10.1 Å². The van der Waals surface area contributed by atoms with Gasteiger partial charge in [-0.2, -0.15) is 4.98 Å². The minimum Gasteiger partial charge on any atom is -0.467 e. The maximum absolute atomic E-state index is 6.17. The molecule has 6 heteroatoms. The van der Waals surface area contributed by atoms with Crippen molar-refractivity contribution in [1.82, 2.24) is 9.97 Å². The Balaban J connectivity index is 1.96. The summed E-state index contributed by atoms with van der Waals surface area (Å²) in [5.41, 5.74) is 0. The van der Waals surface area contributed by atoms with Crippen molar-refractivity contribution in [2.75, 3.05) is 19.0 Å². The highest BCUT2D eigenvalue weighted by molar-refractivity contribution is 6.32.